The van der Waals surface area contributed by atoms with Crippen LogP contribution in [0.15, 0.2) is 18.2 Å². The Balaban J connectivity index is 1.64. The van der Waals surface area contributed by atoms with Gasteiger partial charge in [-0.15, -0.1) is 10.2 Å². The van der Waals surface area contributed by atoms with E-state index in [0.29, 0.717) is 17.6 Å². The summed E-state index contributed by atoms with van der Waals surface area (Å²) in [6, 6.07) is 5.94. The van der Waals surface area contributed by atoms with E-state index in [1.807, 2.05) is 32.0 Å². The number of hydrogen-bond acceptors (Lipinski definition) is 5. The fourth-order valence-electron chi connectivity index (χ4n) is 3.27. The molecule has 0 saturated carbocycles. The topological polar surface area (TPSA) is 75.2 Å². The zero-order valence-electron chi connectivity index (χ0n) is 16.3. The van der Waals surface area contributed by atoms with Crippen molar-refractivity contribution >= 4 is 34.0 Å². The van der Waals surface area contributed by atoms with Crippen LogP contribution in [0.5, 0.6) is 0 Å². The van der Waals surface area contributed by atoms with Gasteiger partial charge in [0.25, 0.3) is 0 Å². The molecule has 2 heterocycles. The summed E-state index contributed by atoms with van der Waals surface area (Å²) in [7, 11) is 0. The molecule has 1 saturated heterocycles. The van der Waals surface area contributed by atoms with Gasteiger partial charge in [0.15, 0.2) is 0 Å². The van der Waals surface area contributed by atoms with Crippen LogP contribution in [0.3, 0.4) is 0 Å². The molecule has 1 aromatic carbocycles. The molecule has 0 radical (unpaired) electrons. The van der Waals surface area contributed by atoms with Crippen LogP contribution in [-0.4, -0.2) is 28.6 Å². The van der Waals surface area contributed by atoms with Crippen molar-refractivity contribution in [1.82, 2.24) is 10.2 Å². The van der Waals surface area contributed by atoms with Gasteiger partial charge in [-0.05, 0) is 43.5 Å². The summed E-state index contributed by atoms with van der Waals surface area (Å²) in [6.45, 7) is 8.71. The first-order valence-corrected chi connectivity index (χ1v) is 10.2. The number of nitrogens with one attached hydrogen (secondary N) is 1. The summed E-state index contributed by atoms with van der Waals surface area (Å²) in [5.74, 6) is -0.223. The Kier molecular flexibility index (Phi) is 5.89. The first kappa shape index (κ1) is 19.5. The molecule has 6 nitrogen and oxygen atoms in total. The molecule has 1 N–H and O–H groups in total. The molecule has 3 rings (SSSR count). The highest BCUT2D eigenvalue weighted by Gasteiger charge is 2.35. The predicted octanol–water partition coefficient (Wildman–Crippen LogP) is 4.05. The highest BCUT2D eigenvalue weighted by atomic mass is 32.1. The molecule has 144 valence electrons. The van der Waals surface area contributed by atoms with Gasteiger partial charge in [-0.2, -0.15) is 0 Å². The van der Waals surface area contributed by atoms with Crippen molar-refractivity contribution in [2.75, 3.05) is 16.8 Å². The molecular weight excluding hydrogens is 360 g/mol. The van der Waals surface area contributed by atoms with E-state index in [1.54, 1.807) is 4.90 Å². The average Bonchev–Trinajstić information content (AvgIpc) is 3.24. The van der Waals surface area contributed by atoms with Gasteiger partial charge in [0, 0.05) is 24.6 Å². The Morgan fingerprint density at radius 1 is 1.33 bits per heavy atom. The second-order valence-electron chi connectivity index (χ2n) is 7.30. The largest absolute Gasteiger partial charge is 0.312 e. The number of benzene rings is 1. The number of aromatic nitrogens is 2. The quantitative estimate of drug-likeness (QED) is 0.813. The molecule has 1 fully saturated rings. The number of aryl methyl sites for hydroxylation is 2. The molecule has 1 aromatic heterocycles. The molecule has 2 aromatic rings. The minimum atomic E-state index is -0.375. The van der Waals surface area contributed by atoms with Crippen LogP contribution >= 0.6 is 11.3 Å². The van der Waals surface area contributed by atoms with Crippen LogP contribution in [0.1, 0.15) is 55.2 Å². The summed E-state index contributed by atoms with van der Waals surface area (Å²) in [5.41, 5.74) is 3.17. The lowest BCUT2D eigenvalue weighted by atomic mass is 10.1. The maximum atomic E-state index is 12.6. The van der Waals surface area contributed by atoms with Crippen molar-refractivity contribution in [2.24, 2.45) is 5.92 Å². The average molecular weight is 387 g/mol. The first-order valence-electron chi connectivity index (χ1n) is 9.41. The number of amides is 2. The molecule has 1 aliphatic rings. The Morgan fingerprint density at radius 2 is 2.11 bits per heavy atom. The second-order valence-corrected chi connectivity index (χ2v) is 8.31. The standard InChI is InChI=1S/C20H26N4O2S/c1-5-6-13(3)19-22-23-20(27-19)21-18(26)15-10-17(25)24(11-15)16-8-7-12(2)14(4)9-16/h7-9,13,15H,5-6,10-11H2,1-4H3,(H,21,23,26)/t13-,15+/m1/s1. The van der Waals surface area contributed by atoms with Crippen molar-refractivity contribution in [3.05, 3.63) is 34.3 Å². The SMILES string of the molecule is CCC[C@@H](C)c1nnc(NC(=O)[C@H]2CC(=O)N(c3ccc(C)c(C)c3)C2)s1. The van der Waals surface area contributed by atoms with E-state index in [-0.39, 0.29) is 24.2 Å². The molecule has 0 bridgehead atoms. The Bertz CT molecular complexity index is 848. The van der Waals surface area contributed by atoms with Crippen LogP contribution in [0.25, 0.3) is 0 Å². The van der Waals surface area contributed by atoms with E-state index in [0.717, 1.165) is 29.1 Å². The molecule has 0 spiro atoms. The number of rotatable bonds is 6. The van der Waals surface area contributed by atoms with Crippen molar-refractivity contribution in [3.8, 4) is 0 Å². The van der Waals surface area contributed by atoms with Crippen LogP contribution < -0.4 is 10.2 Å². The Hall–Kier alpha value is -2.28. The number of carbonyl (C=O) groups excluding carboxylic acids is 2. The van der Waals surface area contributed by atoms with E-state index in [1.165, 1.54) is 16.9 Å². The number of nitrogens with zero attached hydrogens (tertiary/aromatic N) is 3. The zero-order chi connectivity index (χ0) is 19.6. The summed E-state index contributed by atoms with van der Waals surface area (Å²) in [4.78, 5) is 26.7. The molecule has 0 unspecified atom stereocenters. The van der Waals surface area contributed by atoms with E-state index >= 15 is 0 Å². The van der Waals surface area contributed by atoms with Gasteiger partial charge in [-0.25, -0.2) is 0 Å². The highest BCUT2D eigenvalue weighted by Crippen LogP contribution is 2.29. The molecule has 7 heteroatoms. The van der Waals surface area contributed by atoms with Gasteiger partial charge in [-0.1, -0.05) is 37.7 Å². The predicted molar refractivity (Wildman–Crippen MR) is 108 cm³/mol. The third-order valence-corrected chi connectivity index (χ3v) is 6.18. The van der Waals surface area contributed by atoms with Crippen molar-refractivity contribution in [1.29, 1.82) is 0 Å². The lowest BCUT2D eigenvalue weighted by Crippen LogP contribution is -2.28. The normalized spacial score (nSPS) is 18.0. The fourth-order valence-corrected chi connectivity index (χ4v) is 4.11. The number of carbonyl (C=O) groups is 2. The van der Waals surface area contributed by atoms with E-state index in [2.05, 4.69) is 29.4 Å². The zero-order valence-corrected chi connectivity index (χ0v) is 17.1. The van der Waals surface area contributed by atoms with Gasteiger partial charge in [0.05, 0.1) is 5.92 Å². The van der Waals surface area contributed by atoms with Crippen LogP contribution in [0.4, 0.5) is 10.8 Å². The number of anilines is 2. The van der Waals surface area contributed by atoms with Crippen LogP contribution in [-0.2, 0) is 9.59 Å². The molecule has 2 amide bonds. The second kappa shape index (κ2) is 8.17. The minimum absolute atomic E-state index is 0.0204. The molecular formula is C20H26N4O2S. The van der Waals surface area contributed by atoms with Gasteiger partial charge in [0.2, 0.25) is 16.9 Å². The van der Waals surface area contributed by atoms with E-state index in [4.69, 9.17) is 0 Å². The highest BCUT2D eigenvalue weighted by molar-refractivity contribution is 7.15. The lowest BCUT2D eigenvalue weighted by Gasteiger charge is -2.17. The Morgan fingerprint density at radius 3 is 2.81 bits per heavy atom. The molecule has 1 aliphatic heterocycles. The van der Waals surface area contributed by atoms with Crippen molar-refractivity contribution < 1.29 is 9.59 Å². The van der Waals surface area contributed by atoms with Gasteiger partial charge in [-0.3, -0.25) is 9.59 Å². The smallest absolute Gasteiger partial charge is 0.231 e. The summed E-state index contributed by atoms with van der Waals surface area (Å²) in [6.07, 6.45) is 2.35. The van der Waals surface area contributed by atoms with E-state index in [9.17, 15) is 9.59 Å². The molecule has 2 atom stereocenters. The molecule has 0 aliphatic carbocycles. The van der Waals surface area contributed by atoms with Crippen LogP contribution in [0, 0.1) is 19.8 Å². The van der Waals surface area contributed by atoms with E-state index < -0.39 is 0 Å². The maximum Gasteiger partial charge on any atom is 0.231 e. The summed E-state index contributed by atoms with van der Waals surface area (Å²) < 4.78 is 0. The lowest BCUT2D eigenvalue weighted by molar-refractivity contribution is -0.122. The van der Waals surface area contributed by atoms with Gasteiger partial charge < -0.3 is 10.2 Å². The summed E-state index contributed by atoms with van der Waals surface area (Å²) in [5, 5.41) is 12.6. The fraction of sp³-hybridized carbons (Fsp3) is 0.500. The Labute approximate surface area is 164 Å². The monoisotopic (exact) mass is 386 g/mol. The maximum absolute atomic E-state index is 12.6. The molecule has 27 heavy (non-hydrogen) atoms. The van der Waals surface area contributed by atoms with Gasteiger partial charge >= 0.3 is 0 Å². The third kappa shape index (κ3) is 4.35. The third-order valence-electron chi connectivity index (χ3n) is 5.11. The van der Waals surface area contributed by atoms with Crippen molar-refractivity contribution in [2.45, 2.75) is 52.9 Å². The first-order chi connectivity index (χ1) is 12.9. The van der Waals surface area contributed by atoms with Crippen molar-refractivity contribution in [3.63, 3.8) is 0 Å². The summed E-state index contributed by atoms with van der Waals surface area (Å²) >= 11 is 1.42. The number of hydrogen-bond donors (Lipinski definition) is 1. The van der Waals surface area contributed by atoms with Gasteiger partial charge in [0.1, 0.15) is 5.01 Å². The van der Waals surface area contributed by atoms with Crippen LogP contribution in [0.2, 0.25) is 0 Å². The minimum Gasteiger partial charge on any atom is -0.312 e.